The van der Waals surface area contributed by atoms with Gasteiger partial charge in [0.1, 0.15) is 18.4 Å². The molecule has 2 N–H and O–H groups in total. The molecule has 0 spiro atoms. The van der Waals surface area contributed by atoms with E-state index in [-0.39, 0.29) is 31.3 Å². The number of aliphatic carboxylic acids is 1. The van der Waals surface area contributed by atoms with Crippen LogP contribution in [0.2, 0.25) is 0 Å². The van der Waals surface area contributed by atoms with Crippen molar-refractivity contribution in [3.8, 4) is 0 Å². The van der Waals surface area contributed by atoms with Gasteiger partial charge >= 0.3 is 5.97 Å². The number of Topliss-reactive ketones (excluding diaryl/α,β-unsaturated/α-hetero) is 1. The molecule has 7 heteroatoms. The van der Waals surface area contributed by atoms with E-state index in [1.165, 1.54) is 7.11 Å². The summed E-state index contributed by atoms with van der Waals surface area (Å²) in [6, 6.07) is -1.03. The maximum atomic E-state index is 11.6. The van der Waals surface area contributed by atoms with E-state index in [1.807, 2.05) is 0 Å². The zero-order valence-electron chi connectivity index (χ0n) is 11.6. The fourth-order valence-electron chi connectivity index (χ4n) is 2.25. The maximum absolute atomic E-state index is 11.6. The van der Waals surface area contributed by atoms with Crippen molar-refractivity contribution in [2.75, 3.05) is 26.9 Å². The summed E-state index contributed by atoms with van der Waals surface area (Å²) in [7, 11) is 1.52. The van der Waals surface area contributed by atoms with Crippen LogP contribution in [-0.2, 0) is 23.9 Å². The van der Waals surface area contributed by atoms with E-state index in [0.29, 0.717) is 25.9 Å². The number of methoxy groups -OCH3 is 1. The van der Waals surface area contributed by atoms with E-state index in [4.69, 9.17) is 9.47 Å². The third kappa shape index (κ3) is 5.66. The SMILES string of the molecule is COCCOCC(=O)N[C@H](C(=O)O)[C@@H]1CCCC(=O)C1. The van der Waals surface area contributed by atoms with Crippen molar-refractivity contribution < 1.29 is 29.0 Å². The summed E-state index contributed by atoms with van der Waals surface area (Å²) < 4.78 is 9.79. The number of carboxylic acids is 1. The van der Waals surface area contributed by atoms with Gasteiger partial charge in [-0.05, 0) is 18.8 Å². The monoisotopic (exact) mass is 287 g/mol. The molecule has 1 saturated carbocycles. The molecule has 0 aromatic carbocycles. The second-order valence-corrected chi connectivity index (χ2v) is 4.82. The number of rotatable bonds is 8. The Bertz CT molecular complexity index is 357. The average molecular weight is 287 g/mol. The van der Waals surface area contributed by atoms with Gasteiger partial charge in [-0.25, -0.2) is 4.79 Å². The molecule has 1 aliphatic carbocycles. The van der Waals surface area contributed by atoms with Gasteiger partial charge in [0, 0.05) is 20.0 Å². The molecule has 7 nitrogen and oxygen atoms in total. The first-order chi connectivity index (χ1) is 9.54. The minimum absolute atomic E-state index is 0.0538. The quantitative estimate of drug-likeness (QED) is 0.608. The van der Waals surface area contributed by atoms with Gasteiger partial charge in [-0.1, -0.05) is 0 Å². The summed E-state index contributed by atoms with van der Waals surface area (Å²) >= 11 is 0. The summed E-state index contributed by atoms with van der Waals surface area (Å²) in [5.41, 5.74) is 0. The zero-order valence-corrected chi connectivity index (χ0v) is 11.6. The number of amides is 1. The minimum Gasteiger partial charge on any atom is -0.480 e. The third-order valence-corrected chi connectivity index (χ3v) is 3.24. The molecule has 1 aliphatic rings. The van der Waals surface area contributed by atoms with Crippen LogP contribution in [0.1, 0.15) is 25.7 Å². The molecule has 1 fully saturated rings. The van der Waals surface area contributed by atoms with Gasteiger partial charge < -0.3 is 19.9 Å². The smallest absolute Gasteiger partial charge is 0.326 e. The number of nitrogens with one attached hydrogen (secondary N) is 1. The second kappa shape index (κ2) is 8.65. The van der Waals surface area contributed by atoms with Gasteiger partial charge in [-0.3, -0.25) is 9.59 Å². The Morgan fingerprint density at radius 2 is 2.20 bits per heavy atom. The van der Waals surface area contributed by atoms with Crippen LogP contribution >= 0.6 is 0 Å². The Kier molecular flexibility index (Phi) is 7.17. The highest BCUT2D eigenvalue weighted by Crippen LogP contribution is 2.24. The summed E-state index contributed by atoms with van der Waals surface area (Å²) in [5.74, 6) is -1.89. The van der Waals surface area contributed by atoms with Gasteiger partial charge in [-0.15, -0.1) is 0 Å². The number of hydrogen-bond acceptors (Lipinski definition) is 5. The van der Waals surface area contributed by atoms with Crippen LogP contribution in [0.3, 0.4) is 0 Å². The standard InChI is InChI=1S/C13H21NO6/c1-19-5-6-20-8-11(16)14-12(13(17)18)9-3-2-4-10(15)7-9/h9,12H,2-8H2,1H3,(H,14,16)(H,17,18)/t9-,12+/m1/s1. The summed E-state index contributed by atoms with van der Waals surface area (Å²) in [4.78, 5) is 34.2. The lowest BCUT2D eigenvalue weighted by Crippen LogP contribution is -2.48. The van der Waals surface area contributed by atoms with E-state index in [2.05, 4.69) is 5.32 Å². The molecule has 20 heavy (non-hydrogen) atoms. The van der Waals surface area contributed by atoms with Crippen LogP contribution in [0.25, 0.3) is 0 Å². The highest BCUT2D eigenvalue weighted by atomic mass is 16.5. The van der Waals surface area contributed by atoms with Crippen molar-refractivity contribution in [1.82, 2.24) is 5.32 Å². The Morgan fingerprint density at radius 1 is 1.45 bits per heavy atom. The van der Waals surface area contributed by atoms with Crippen molar-refractivity contribution in [2.45, 2.75) is 31.7 Å². The summed E-state index contributed by atoms with van der Waals surface area (Å²) in [6.07, 6.45) is 2.01. The highest BCUT2D eigenvalue weighted by Gasteiger charge is 2.33. The number of carbonyl (C=O) groups excluding carboxylic acids is 2. The fraction of sp³-hybridized carbons (Fsp3) is 0.769. The van der Waals surface area contributed by atoms with Gasteiger partial charge in [0.15, 0.2) is 0 Å². The first-order valence-electron chi connectivity index (χ1n) is 6.65. The molecule has 0 heterocycles. The molecule has 0 aromatic heterocycles. The van der Waals surface area contributed by atoms with Crippen molar-refractivity contribution in [3.63, 3.8) is 0 Å². The molecule has 0 aromatic rings. The molecule has 0 bridgehead atoms. The van der Waals surface area contributed by atoms with Crippen molar-refractivity contribution >= 4 is 17.7 Å². The molecular weight excluding hydrogens is 266 g/mol. The van der Waals surface area contributed by atoms with Crippen molar-refractivity contribution in [3.05, 3.63) is 0 Å². The van der Waals surface area contributed by atoms with Crippen LogP contribution in [0.4, 0.5) is 0 Å². The van der Waals surface area contributed by atoms with Crippen molar-refractivity contribution in [1.29, 1.82) is 0 Å². The first-order valence-corrected chi connectivity index (χ1v) is 6.65. The van der Waals surface area contributed by atoms with E-state index < -0.39 is 17.9 Å². The van der Waals surface area contributed by atoms with Crippen molar-refractivity contribution in [2.24, 2.45) is 5.92 Å². The molecular formula is C13H21NO6. The van der Waals surface area contributed by atoms with E-state index >= 15 is 0 Å². The van der Waals surface area contributed by atoms with Crippen LogP contribution in [-0.4, -0.2) is 55.7 Å². The highest BCUT2D eigenvalue weighted by molar-refractivity contribution is 5.86. The van der Waals surface area contributed by atoms with E-state index in [9.17, 15) is 19.5 Å². The summed E-state index contributed by atoms with van der Waals surface area (Å²) in [6.45, 7) is 0.421. The zero-order chi connectivity index (χ0) is 15.0. The largest absolute Gasteiger partial charge is 0.480 e. The van der Waals surface area contributed by atoms with Crippen LogP contribution < -0.4 is 5.32 Å². The number of carboxylic acid groups (broad SMARTS) is 1. The molecule has 1 rings (SSSR count). The molecule has 2 atom stereocenters. The minimum atomic E-state index is -1.12. The number of ketones is 1. The molecule has 0 unspecified atom stereocenters. The van der Waals surface area contributed by atoms with Crippen LogP contribution in [0.5, 0.6) is 0 Å². The molecule has 0 saturated heterocycles. The summed E-state index contributed by atoms with van der Waals surface area (Å²) in [5, 5.41) is 11.6. The number of ether oxygens (including phenoxy) is 2. The molecule has 0 aliphatic heterocycles. The topological polar surface area (TPSA) is 102 Å². The average Bonchev–Trinajstić information content (AvgIpc) is 2.40. The molecule has 1 amide bonds. The van der Waals surface area contributed by atoms with E-state index in [0.717, 1.165) is 0 Å². The van der Waals surface area contributed by atoms with E-state index in [1.54, 1.807) is 0 Å². The van der Waals surface area contributed by atoms with Gasteiger partial charge in [0.2, 0.25) is 5.91 Å². The van der Waals surface area contributed by atoms with Gasteiger partial charge in [0.05, 0.1) is 13.2 Å². The Labute approximate surface area is 117 Å². The van der Waals surface area contributed by atoms with Crippen LogP contribution in [0.15, 0.2) is 0 Å². The number of carbonyl (C=O) groups is 3. The normalized spacial score (nSPS) is 20.4. The lowest BCUT2D eigenvalue weighted by Gasteiger charge is -2.27. The molecule has 0 radical (unpaired) electrons. The first kappa shape index (κ1) is 16.6. The maximum Gasteiger partial charge on any atom is 0.326 e. The predicted octanol–water partition coefficient (Wildman–Crippen LogP) is -0.0219. The lowest BCUT2D eigenvalue weighted by atomic mass is 9.83. The Balaban J connectivity index is 2.44. The second-order valence-electron chi connectivity index (χ2n) is 4.82. The Hall–Kier alpha value is -1.47. The molecule has 114 valence electrons. The Morgan fingerprint density at radius 3 is 2.80 bits per heavy atom. The van der Waals surface area contributed by atoms with Crippen LogP contribution in [0, 0.1) is 5.92 Å². The predicted molar refractivity (Wildman–Crippen MR) is 69.2 cm³/mol. The van der Waals surface area contributed by atoms with Gasteiger partial charge in [0.25, 0.3) is 0 Å². The number of hydrogen-bond donors (Lipinski definition) is 2. The lowest BCUT2D eigenvalue weighted by molar-refractivity contribution is -0.145. The fourth-order valence-corrected chi connectivity index (χ4v) is 2.25. The van der Waals surface area contributed by atoms with Gasteiger partial charge in [-0.2, -0.15) is 0 Å². The third-order valence-electron chi connectivity index (χ3n) is 3.24.